The molecule has 3 rings (SSSR count). The van der Waals surface area contributed by atoms with Crippen LogP contribution in [0.25, 0.3) is 0 Å². The van der Waals surface area contributed by atoms with Gasteiger partial charge in [-0.2, -0.15) is 0 Å². The van der Waals surface area contributed by atoms with Gasteiger partial charge in [-0.15, -0.1) is 24.0 Å². The average molecular weight is 462 g/mol. The standard InChI is InChI=1S/C19H34N4O.HI/c1-3-18(24)23-11-10-15(13-23)21-19(20-4-2)22-17-12-16(17)14-8-6-5-7-9-14;/h14-17H,3-13H2,1-2H3,(H2,20,21,22);1H. The van der Waals surface area contributed by atoms with E-state index in [1.165, 1.54) is 38.5 Å². The predicted octanol–water partition coefficient (Wildman–Crippen LogP) is 3.14. The van der Waals surface area contributed by atoms with Crippen molar-refractivity contribution in [1.29, 1.82) is 0 Å². The molecule has 0 aromatic heterocycles. The summed E-state index contributed by atoms with van der Waals surface area (Å²) >= 11 is 0. The third kappa shape index (κ3) is 5.73. The minimum absolute atomic E-state index is 0. The molecule has 1 heterocycles. The van der Waals surface area contributed by atoms with E-state index < -0.39 is 0 Å². The summed E-state index contributed by atoms with van der Waals surface area (Å²) < 4.78 is 0. The zero-order chi connectivity index (χ0) is 16.9. The van der Waals surface area contributed by atoms with Crippen LogP contribution in [0.5, 0.6) is 0 Å². The SMILES string of the molecule is CCN=C(NC1CCN(C(=O)CC)C1)NC1CC1C1CCCCC1.I. The van der Waals surface area contributed by atoms with E-state index in [1.807, 2.05) is 11.8 Å². The molecule has 3 unspecified atom stereocenters. The molecular formula is C19H35IN4O. The molecule has 3 aliphatic rings. The first-order chi connectivity index (χ1) is 11.7. The van der Waals surface area contributed by atoms with Crippen LogP contribution in [0, 0.1) is 11.8 Å². The number of likely N-dealkylation sites (tertiary alicyclic amines) is 1. The van der Waals surface area contributed by atoms with E-state index in [0.29, 0.717) is 18.5 Å². The first kappa shape index (κ1) is 20.8. The van der Waals surface area contributed by atoms with E-state index in [0.717, 1.165) is 43.9 Å². The van der Waals surface area contributed by atoms with Gasteiger partial charge in [-0.05, 0) is 31.6 Å². The zero-order valence-corrected chi connectivity index (χ0v) is 18.1. The van der Waals surface area contributed by atoms with Crippen molar-refractivity contribution in [3.05, 3.63) is 0 Å². The van der Waals surface area contributed by atoms with Crippen molar-refractivity contribution in [2.45, 2.75) is 77.3 Å². The highest BCUT2D eigenvalue weighted by atomic mass is 127. The maximum Gasteiger partial charge on any atom is 0.222 e. The van der Waals surface area contributed by atoms with Gasteiger partial charge >= 0.3 is 0 Å². The summed E-state index contributed by atoms with van der Waals surface area (Å²) in [5, 5.41) is 7.23. The highest BCUT2D eigenvalue weighted by Crippen LogP contribution is 2.44. The second kappa shape index (κ2) is 9.97. The summed E-state index contributed by atoms with van der Waals surface area (Å²) in [7, 11) is 0. The fourth-order valence-electron chi connectivity index (χ4n) is 4.45. The molecule has 2 saturated carbocycles. The minimum atomic E-state index is 0. The van der Waals surface area contributed by atoms with Crippen LogP contribution in [0.2, 0.25) is 0 Å². The number of carbonyl (C=O) groups excluding carboxylic acids is 1. The summed E-state index contributed by atoms with van der Waals surface area (Å²) in [5.41, 5.74) is 0. The predicted molar refractivity (Wildman–Crippen MR) is 113 cm³/mol. The lowest BCUT2D eigenvalue weighted by molar-refractivity contribution is -0.129. The number of nitrogens with zero attached hydrogens (tertiary/aromatic N) is 2. The van der Waals surface area contributed by atoms with E-state index in [-0.39, 0.29) is 29.9 Å². The Bertz CT molecular complexity index is 464. The van der Waals surface area contributed by atoms with Gasteiger partial charge in [-0.1, -0.05) is 39.0 Å². The number of halogens is 1. The van der Waals surface area contributed by atoms with Crippen molar-refractivity contribution in [2.24, 2.45) is 16.8 Å². The van der Waals surface area contributed by atoms with E-state index in [9.17, 15) is 4.79 Å². The van der Waals surface area contributed by atoms with Crippen LogP contribution in [-0.2, 0) is 4.79 Å². The van der Waals surface area contributed by atoms with Gasteiger partial charge in [0.1, 0.15) is 0 Å². The smallest absolute Gasteiger partial charge is 0.222 e. The highest BCUT2D eigenvalue weighted by Gasteiger charge is 2.43. The van der Waals surface area contributed by atoms with Crippen LogP contribution < -0.4 is 10.6 Å². The van der Waals surface area contributed by atoms with E-state index in [2.05, 4.69) is 22.5 Å². The van der Waals surface area contributed by atoms with Crippen molar-refractivity contribution in [2.75, 3.05) is 19.6 Å². The second-order valence-electron chi connectivity index (χ2n) is 7.69. The molecule has 0 aromatic carbocycles. The molecular weight excluding hydrogens is 427 g/mol. The Hall–Kier alpha value is -0.530. The number of amides is 1. The minimum Gasteiger partial charge on any atom is -0.353 e. The summed E-state index contributed by atoms with van der Waals surface area (Å²) in [6.45, 7) is 6.50. The van der Waals surface area contributed by atoms with Gasteiger partial charge in [0.15, 0.2) is 5.96 Å². The maximum absolute atomic E-state index is 11.8. The van der Waals surface area contributed by atoms with Crippen LogP contribution in [0.15, 0.2) is 4.99 Å². The van der Waals surface area contributed by atoms with Crippen LogP contribution in [-0.4, -0.2) is 48.5 Å². The number of rotatable bonds is 5. The van der Waals surface area contributed by atoms with Gasteiger partial charge in [0.25, 0.3) is 0 Å². The molecule has 0 aromatic rings. The molecule has 144 valence electrons. The molecule has 2 N–H and O–H groups in total. The molecule has 0 radical (unpaired) electrons. The van der Waals surface area contributed by atoms with Crippen LogP contribution in [0.3, 0.4) is 0 Å². The topological polar surface area (TPSA) is 56.7 Å². The van der Waals surface area contributed by atoms with Gasteiger partial charge in [-0.25, -0.2) is 0 Å². The Morgan fingerprint density at radius 1 is 1.12 bits per heavy atom. The molecule has 6 heteroatoms. The van der Waals surface area contributed by atoms with Gasteiger partial charge in [0, 0.05) is 38.1 Å². The van der Waals surface area contributed by atoms with Crippen molar-refractivity contribution < 1.29 is 4.79 Å². The normalized spacial score (nSPS) is 29.9. The fraction of sp³-hybridized carbons (Fsp3) is 0.895. The van der Waals surface area contributed by atoms with Gasteiger partial charge in [0.2, 0.25) is 5.91 Å². The summed E-state index contributed by atoms with van der Waals surface area (Å²) in [5.74, 6) is 3.01. The molecule has 0 spiro atoms. The van der Waals surface area contributed by atoms with Crippen molar-refractivity contribution in [3.8, 4) is 0 Å². The summed E-state index contributed by atoms with van der Waals surface area (Å²) in [6, 6.07) is 0.950. The highest BCUT2D eigenvalue weighted by molar-refractivity contribution is 14.0. The van der Waals surface area contributed by atoms with Crippen LogP contribution in [0.4, 0.5) is 0 Å². The Kier molecular flexibility index (Phi) is 8.29. The summed E-state index contributed by atoms with van der Waals surface area (Å²) in [4.78, 5) is 18.4. The number of nitrogens with one attached hydrogen (secondary N) is 2. The van der Waals surface area contributed by atoms with E-state index in [4.69, 9.17) is 0 Å². The quantitative estimate of drug-likeness (QED) is 0.375. The van der Waals surface area contributed by atoms with Crippen molar-refractivity contribution in [1.82, 2.24) is 15.5 Å². The van der Waals surface area contributed by atoms with Gasteiger partial charge in [-0.3, -0.25) is 9.79 Å². The maximum atomic E-state index is 11.8. The van der Waals surface area contributed by atoms with E-state index in [1.54, 1.807) is 0 Å². The molecule has 1 aliphatic heterocycles. The largest absolute Gasteiger partial charge is 0.353 e. The average Bonchev–Trinajstić information content (AvgIpc) is 3.22. The van der Waals surface area contributed by atoms with Crippen LogP contribution in [0.1, 0.15) is 65.2 Å². The van der Waals surface area contributed by atoms with Crippen LogP contribution >= 0.6 is 24.0 Å². The third-order valence-electron chi connectivity index (χ3n) is 5.92. The fourth-order valence-corrected chi connectivity index (χ4v) is 4.45. The number of carbonyl (C=O) groups is 1. The molecule has 5 nitrogen and oxygen atoms in total. The first-order valence-corrected chi connectivity index (χ1v) is 10.1. The summed E-state index contributed by atoms with van der Waals surface area (Å²) in [6.07, 6.45) is 10.1. The lowest BCUT2D eigenvalue weighted by Gasteiger charge is -2.23. The third-order valence-corrected chi connectivity index (χ3v) is 5.92. The van der Waals surface area contributed by atoms with Gasteiger partial charge in [0.05, 0.1) is 0 Å². The molecule has 2 aliphatic carbocycles. The monoisotopic (exact) mass is 462 g/mol. The lowest BCUT2D eigenvalue weighted by Crippen LogP contribution is -2.46. The lowest BCUT2D eigenvalue weighted by atomic mass is 9.85. The van der Waals surface area contributed by atoms with Gasteiger partial charge < -0.3 is 15.5 Å². The molecule has 0 bridgehead atoms. The second-order valence-corrected chi connectivity index (χ2v) is 7.69. The molecule has 3 fully saturated rings. The Morgan fingerprint density at radius 3 is 2.56 bits per heavy atom. The molecule has 1 saturated heterocycles. The number of hydrogen-bond acceptors (Lipinski definition) is 2. The number of aliphatic imine (C=N–C) groups is 1. The first-order valence-electron chi connectivity index (χ1n) is 10.1. The van der Waals surface area contributed by atoms with Crippen molar-refractivity contribution in [3.63, 3.8) is 0 Å². The Morgan fingerprint density at radius 2 is 1.88 bits per heavy atom. The Labute approximate surface area is 169 Å². The van der Waals surface area contributed by atoms with Crippen molar-refractivity contribution >= 4 is 35.8 Å². The number of guanidine groups is 1. The Balaban J connectivity index is 0.00000225. The van der Waals surface area contributed by atoms with E-state index >= 15 is 0 Å². The number of hydrogen-bond donors (Lipinski definition) is 2. The molecule has 3 atom stereocenters. The zero-order valence-electron chi connectivity index (χ0n) is 15.8. The molecule has 25 heavy (non-hydrogen) atoms. The molecule has 1 amide bonds.